The smallest absolute Gasteiger partial charge is 0.328 e. The van der Waals surface area contributed by atoms with Gasteiger partial charge >= 0.3 is 5.97 Å². The molecule has 4 heteroatoms. The van der Waals surface area contributed by atoms with Crippen molar-refractivity contribution in [3.05, 3.63) is 54.1 Å². The van der Waals surface area contributed by atoms with E-state index >= 15 is 0 Å². The average molecular weight is 242 g/mol. The van der Waals surface area contributed by atoms with E-state index < -0.39 is 11.8 Å². The summed E-state index contributed by atoms with van der Waals surface area (Å²) in [5.41, 5.74) is 0.116. The van der Waals surface area contributed by atoms with Gasteiger partial charge in [-0.3, -0.25) is 4.79 Å². The first-order valence-electron chi connectivity index (χ1n) is 5.25. The second kappa shape index (κ2) is 4.71. The van der Waals surface area contributed by atoms with E-state index in [4.69, 9.17) is 5.11 Å². The fourth-order valence-corrected chi connectivity index (χ4v) is 1.75. The number of carbonyl (C=O) groups excluding carboxylic acids is 1. The highest BCUT2D eigenvalue weighted by atomic mass is 16.4. The van der Waals surface area contributed by atoms with Crippen LogP contribution < -0.4 is 0 Å². The van der Waals surface area contributed by atoms with Crippen LogP contribution in [0, 0.1) is 0 Å². The van der Waals surface area contributed by atoms with Crippen molar-refractivity contribution in [1.82, 2.24) is 0 Å². The lowest BCUT2D eigenvalue weighted by molar-refractivity contribution is -0.131. The Hall–Kier alpha value is -2.62. The zero-order chi connectivity index (χ0) is 13.1. The molecule has 2 rings (SSSR count). The third kappa shape index (κ3) is 2.22. The van der Waals surface area contributed by atoms with Crippen molar-refractivity contribution in [1.29, 1.82) is 0 Å². The fraction of sp³-hybridized carbons (Fsp3) is 0. The van der Waals surface area contributed by atoms with Gasteiger partial charge in [0.15, 0.2) is 5.78 Å². The zero-order valence-corrected chi connectivity index (χ0v) is 9.33. The van der Waals surface area contributed by atoms with Gasteiger partial charge in [-0.05, 0) is 22.9 Å². The molecule has 0 aliphatic rings. The molecule has 90 valence electrons. The first-order valence-corrected chi connectivity index (χ1v) is 5.25. The summed E-state index contributed by atoms with van der Waals surface area (Å²) in [4.78, 5) is 22.3. The molecule has 0 saturated carbocycles. The van der Waals surface area contributed by atoms with Gasteiger partial charge < -0.3 is 10.2 Å². The number of allylic oxidation sites excluding steroid dienone is 1. The summed E-state index contributed by atoms with van der Waals surface area (Å²) in [7, 11) is 0. The van der Waals surface area contributed by atoms with Crippen LogP contribution in [-0.4, -0.2) is 22.0 Å². The first-order chi connectivity index (χ1) is 8.59. The number of aliphatic carboxylic acids is 1. The molecule has 0 heterocycles. The summed E-state index contributed by atoms with van der Waals surface area (Å²) in [6, 6.07) is 10.2. The largest absolute Gasteiger partial charge is 0.507 e. The summed E-state index contributed by atoms with van der Waals surface area (Å²) in [6.07, 6.45) is 1.69. The SMILES string of the molecule is O=C(O)C=CC(=O)c1c(O)ccc2ccccc12. The van der Waals surface area contributed by atoms with Gasteiger partial charge in [-0.15, -0.1) is 0 Å². The molecule has 2 aromatic rings. The molecular formula is C14H10O4. The van der Waals surface area contributed by atoms with Gasteiger partial charge in [0.05, 0.1) is 5.56 Å². The Morgan fingerprint density at radius 2 is 1.72 bits per heavy atom. The Labute approximate surface area is 103 Å². The summed E-state index contributed by atoms with van der Waals surface area (Å²) in [5.74, 6) is -1.90. The number of ketones is 1. The zero-order valence-electron chi connectivity index (χ0n) is 9.33. The predicted octanol–water partition coefficient (Wildman–Crippen LogP) is 2.37. The van der Waals surface area contributed by atoms with Crippen LogP contribution in [0.1, 0.15) is 10.4 Å². The van der Waals surface area contributed by atoms with E-state index in [0.717, 1.165) is 17.5 Å². The van der Waals surface area contributed by atoms with Crippen LogP contribution in [0.4, 0.5) is 0 Å². The molecule has 0 radical (unpaired) electrons. The number of carbonyl (C=O) groups is 2. The topological polar surface area (TPSA) is 74.6 Å². The minimum Gasteiger partial charge on any atom is -0.507 e. The van der Waals surface area contributed by atoms with Gasteiger partial charge in [-0.25, -0.2) is 4.79 Å². The first kappa shape index (κ1) is 11.9. The molecule has 0 aromatic heterocycles. The lowest BCUT2D eigenvalue weighted by atomic mass is 10.00. The number of fused-ring (bicyclic) bond motifs is 1. The number of hydrogen-bond acceptors (Lipinski definition) is 3. The van der Waals surface area contributed by atoms with E-state index in [-0.39, 0.29) is 11.3 Å². The molecule has 18 heavy (non-hydrogen) atoms. The number of hydrogen-bond donors (Lipinski definition) is 2. The second-order valence-corrected chi connectivity index (χ2v) is 3.72. The Morgan fingerprint density at radius 1 is 1.00 bits per heavy atom. The molecule has 2 aromatic carbocycles. The summed E-state index contributed by atoms with van der Waals surface area (Å²) in [5, 5.41) is 19.6. The quantitative estimate of drug-likeness (QED) is 0.640. The van der Waals surface area contributed by atoms with E-state index in [1.807, 2.05) is 12.1 Å². The van der Waals surface area contributed by atoms with Crippen molar-refractivity contribution >= 4 is 22.5 Å². The molecular weight excluding hydrogens is 232 g/mol. The van der Waals surface area contributed by atoms with Crippen LogP contribution in [-0.2, 0) is 4.79 Å². The minimum absolute atomic E-state index is 0.116. The van der Waals surface area contributed by atoms with Crippen molar-refractivity contribution in [3.8, 4) is 5.75 Å². The molecule has 0 atom stereocenters. The van der Waals surface area contributed by atoms with Crippen molar-refractivity contribution in [2.24, 2.45) is 0 Å². The highest BCUT2D eigenvalue weighted by Crippen LogP contribution is 2.27. The van der Waals surface area contributed by atoms with Gasteiger partial charge in [0.1, 0.15) is 5.75 Å². The maximum absolute atomic E-state index is 11.9. The number of carboxylic acid groups (broad SMARTS) is 1. The van der Waals surface area contributed by atoms with Gasteiger partial charge in [-0.1, -0.05) is 30.3 Å². The summed E-state index contributed by atoms with van der Waals surface area (Å²) >= 11 is 0. The number of phenols is 1. The molecule has 0 fully saturated rings. The number of benzene rings is 2. The van der Waals surface area contributed by atoms with E-state index in [0.29, 0.717) is 5.39 Å². The average Bonchev–Trinajstić information content (AvgIpc) is 2.36. The third-order valence-corrected chi connectivity index (χ3v) is 2.53. The Bertz CT molecular complexity index is 656. The molecule has 4 nitrogen and oxygen atoms in total. The number of carboxylic acids is 1. The second-order valence-electron chi connectivity index (χ2n) is 3.72. The van der Waals surface area contributed by atoms with Gasteiger partial charge in [0.2, 0.25) is 0 Å². The molecule has 0 aliphatic heterocycles. The Morgan fingerprint density at radius 3 is 2.44 bits per heavy atom. The lowest BCUT2D eigenvalue weighted by Crippen LogP contribution is -1.98. The predicted molar refractivity (Wildman–Crippen MR) is 66.7 cm³/mol. The molecule has 0 saturated heterocycles. The van der Waals surface area contributed by atoms with E-state index in [9.17, 15) is 14.7 Å². The minimum atomic E-state index is -1.21. The molecule has 0 amide bonds. The number of aromatic hydroxyl groups is 1. The van der Waals surface area contributed by atoms with Gasteiger partial charge in [0, 0.05) is 6.08 Å². The molecule has 2 N–H and O–H groups in total. The van der Waals surface area contributed by atoms with Crippen molar-refractivity contribution < 1.29 is 19.8 Å². The molecule has 0 bridgehead atoms. The van der Waals surface area contributed by atoms with Crippen LogP contribution >= 0.6 is 0 Å². The Kier molecular flexibility index (Phi) is 3.10. The highest BCUT2D eigenvalue weighted by molar-refractivity contribution is 6.16. The standard InChI is InChI=1S/C14H10O4/c15-11-6-5-9-3-1-2-4-10(9)14(11)12(16)7-8-13(17)18/h1-8,15H,(H,17,18). The Balaban J connectivity index is 2.59. The highest BCUT2D eigenvalue weighted by Gasteiger charge is 2.12. The van der Waals surface area contributed by atoms with E-state index in [2.05, 4.69) is 0 Å². The van der Waals surface area contributed by atoms with Crippen LogP contribution in [0.3, 0.4) is 0 Å². The normalized spacial score (nSPS) is 10.9. The molecule has 0 aliphatic carbocycles. The van der Waals surface area contributed by atoms with Gasteiger partial charge in [0.25, 0.3) is 0 Å². The summed E-state index contributed by atoms with van der Waals surface area (Å²) < 4.78 is 0. The van der Waals surface area contributed by atoms with Crippen LogP contribution in [0.25, 0.3) is 10.8 Å². The number of phenolic OH excluding ortho intramolecular Hbond substituents is 1. The lowest BCUT2D eigenvalue weighted by Gasteiger charge is -2.05. The van der Waals surface area contributed by atoms with Crippen molar-refractivity contribution in [2.45, 2.75) is 0 Å². The summed E-state index contributed by atoms with van der Waals surface area (Å²) in [6.45, 7) is 0. The fourth-order valence-electron chi connectivity index (χ4n) is 1.75. The van der Waals surface area contributed by atoms with Crippen LogP contribution in [0.15, 0.2) is 48.6 Å². The van der Waals surface area contributed by atoms with Crippen LogP contribution in [0.5, 0.6) is 5.75 Å². The van der Waals surface area contributed by atoms with Crippen LogP contribution in [0.2, 0.25) is 0 Å². The molecule has 0 spiro atoms. The van der Waals surface area contributed by atoms with Crippen molar-refractivity contribution in [2.75, 3.05) is 0 Å². The number of rotatable bonds is 3. The maximum atomic E-state index is 11.9. The monoisotopic (exact) mass is 242 g/mol. The van der Waals surface area contributed by atoms with Gasteiger partial charge in [-0.2, -0.15) is 0 Å². The van der Waals surface area contributed by atoms with E-state index in [1.54, 1.807) is 18.2 Å². The van der Waals surface area contributed by atoms with Crippen molar-refractivity contribution in [3.63, 3.8) is 0 Å². The molecule has 0 unspecified atom stereocenters. The van der Waals surface area contributed by atoms with E-state index in [1.165, 1.54) is 6.07 Å². The third-order valence-electron chi connectivity index (χ3n) is 2.53. The maximum Gasteiger partial charge on any atom is 0.328 e.